The second-order valence-electron chi connectivity index (χ2n) is 7.01. The summed E-state index contributed by atoms with van der Waals surface area (Å²) >= 11 is 0. The maximum Gasteiger partial charge on any atom is 0.317 e. The van der Waals surface area contributed by atoms with E-state index in [2.05, 4.69) is 15.4 Å². The highest BCUT2D eigenvalue weighted by molar-refractivity contribution is 5.88. The van der Waals surface area contributed by atoms with Gasteiger partial charge in [0.05, 0.1) is 12.0 Å². The number of rotatable bonds is 7. The maximum atomic E-state index is 12.4. The largest absolute Gasteiger partial charge is 0.481 e. The molecule has 0 aromatic carbocycles. The number of aliphatic carboxylic acids is 1. The summed E-state index contributed by atoms with van der Waals surface area (Å²) in [6.45, 7) is 5.00. The molecule has 1 aliphatic rings. The molecule has 2 atom stereocenters. The summed E-state index contributed by atoms with van der Waals surface area (Å²) < 4.78 is 1.55. The predicted octanol–water partition coefficient (Wildman–Crippen LogP) is 0.470. The lowest BCUT2D eigenvalue weighted by atomic mass is 9.97. The van der Waals surface area contributed by atoms with Crippen LogP contribution in [0.5, 0.6) is 0 Å². The number of piperidine rings is 1. The van der Waals surface area contributed by atoms with Gasteiger partial charge in [-0.25, -0.2) is 14.5 Å². The summed E-state index contributed by atoms with van der Waals surface area (Å²) in [7, 11) is 0. The van der Waals surface area contributed by atoms with Crippen LogP contribution in [0.3, 0.4) is 0 Å². The lowest BCUT2D eigenvalue weighted by Crippen LogP contribution is -2.47. The van der Waals surface area contributed by atoms with E-state index in [-0.39, 0.29) is 30.4 Å². The SMILES string of the molecule is CC(C)CC(CNC(=O)N1CCCC(n2cnc(C(N)=O)n2)C1)C(=O)O. The highest BCUT2D eigenvalue weighted by Gasteiger charge is 2.27. The molecule has 0 bridgehead atoms. The van der Waals surface area contributed by atoms with E-state index in [1.54, 1.807) is 9.58 Å². The van der Waals surface area contributed by atoms with Crippen molar-refractivity contribution in [2.45, 2.75) is 39.2 Å². The van der Waals surface area contributed by atoms with Crippen molar-refractivity contribution in [2.24, 2.45) is 17.6 Å². The number of carbonyl (C=O) groups is 3. The number of nitrogens with zero attached hydrogens (tertiary/aromatic N) is 4. The zero-order valence-electron chi connectivity index (χ0n) is 15.1. The molecular weight excluding hydrogens is 340 g/mol. The Kier molecular flexibility index (Phi) is 6.53. The molecular formula is C16H26N6O4. The lowest BCUT2D eigenvalue weighted by Gasteiger charge is -2.33. The van der Waals surface area contributed by atoms with Gasteiger partial charge in [0.2, 0.25) is 5.82 Å². The van der Waals surface area contributed by atoms with Gasteiger partial charge in [0, 0.05) is 19.6 Å². The Balaban J connectivity index is 1.92. The summed E-state index contributed by atoms with van der Waals surface area (Å²) in [6.07, 6.45) is 3.52. The van der Waals surface area contributed by atoms with Crippen molar-refractivity contribution >= 4 is 17.9 Å². The molecule has 26 heavy (non-hydrogen) atoms. The topological polar surface area (TPSA) is 143 Å². The van der Waals surface area contributed by atoms with E-state index in [1.165, 1.54) is 6.33 Å². The fourth-order valence-corrected chi connectivity index (χ4v) is 3.08. The minimum atomic E-state index is -0.905. The van der Waals surface area contributed by atoms with E-state index in [1.807, 2.05) is 13.8 Å². The van der Waals surface area contributed by atoms with Gasteiger partial charge >= 0.3 is 12.0 Å². The van der Waals surface area contributed by atoms with E-state index in [4.69, 9.17) is 5.73 Å². The monoisotopic (exact) mass is 366 g/mol. The van der Waals surface area contributed by atoms with Gasteiger partial charge in [0.1, 0.15) is 6.33 Å². The van der Waals surface area contributed by atoms with Crippen molar-refractivity contribution < 1.29 is 19.5 Å². The van der Waals surface area contributed by atoms with E-state index in [0.29, 0.717) is 19.5 Å². The summed E-state index contributed by atoms with van der Waals surface area (Å²) in [5.74, 6) is -2.02. The van der Waals surface area contributed by atoms with Crippen molar-refractivity contribution in [3.8, 4) is 0 Å². The first-order valence-corrected chi connectivity index (χ1v) is 8.74. The van der Waals surface area contributed by atoms with Crippen molar-refractivity contribution in [1.82, 2.24) is 25.0 Å². The Labute approximate surface area is 151 Å². The molecule has 1 aromatic rings. The van der Waals surface area contributed by atoms with Crippen LogP contribution in [0.25, 0.3) is 0 Å². The quantitative estimate of drug-likeness (QED) is 0.640. The van der Waals surface area contributed by atoms with Crippen LogP contribution < -0.4 is 11.1 Å². The number of likely N-dealkylation sites (tertiary alicyclic amines) is 1. The van der Waals surface area contributed by atoms with E-state index >= 15 is 0 Å². The third-order valence-electron chi connectivity index (χ3n) is 4.39. The smallest absolute Gasteiger partial charge is 0.317 e. The molecule has 10 heteroatoms. The Morgan fingerprint density at radius 2 is 2.15 bits per heavy atom. The fourth-order valence-electron chi connectivity index (χ4n) is 3.08. The van der Waals surface area contributed by atoms with Crippen LogP contribution in [0.1, 0.15) is 49.8 Å². The summed E-state index contributed by atoms with van der Waals surface area (Å²) in [6, 6.07) is -0.388. The molecule has 0 spiro atoms. The molecule has 3 amide bonds. The number of aromatic nitrogens is 3. The van der Waals surface area contributed by atoms with Gasteiger partial charge in [0.25, 0.3) is 5.91 Å². The first kappa shape index (κ1) is 19.7. The molecule has 0 radical (unpaired) electrons. The van der Waals surface area contributed by atoms with Crippen LogP contribution in [0.15, 0.2) is 6.33 Å². The van der Waals surface area contributed by atoms with Crippen LogP contribution in [-0.2, 0) is 4.79 Å². The van der Waals surface area contributed by atoms with Crippen LogP contribution >= 0.6 is 0 Å². The molecule has 0 aliphatic carbocycles. The number of hydrogen-bond acceptors (Lipinski definition) is 5. The number of carboxylic acid groups (broad SMARTS) is 1. The third kappa shape index (κ3) is 5.17. The number of hydrogen-bond donors (Lipinski definition) is 3. The lowest BCUT2D eigenvalue weighted by molar-refractivity contribution is -0.142. The van der Waals surface area contributed by atoms with Gasteiger partial charge in [-0.1, -0.05) is 13.8 Å². The zero-order chi connectivity index (χ0) is 19.3. The molecule has 10 nitrogen and oxygen atoms in total. The molecule has 4 N–H and O–H groups in total. The number of primary amides is 1. The number of carbonyl (C=O) groups excluding carboxylic acids is 2. The Bertz CT molecular complexity index is 659. The summed E-state index contributed by atoms with van der Waals surface area (Å²) in [5.41, 5.74) is 5.16. The van der Waals surface area contributed by atoms with E-state index < -0.39 is 17.8 Å². The highest BCUT2D eigenvalue weighted by Crippen LogP contribution is 2.20. The molecule has 2 heterocycles. The van der Waals surface area contributed by atoms with Gasteiger partial charge in [-0.15, -0.1) is 5.10 Å². The molecule has 144 valence electrons. The standard InChI is InChI=1S/C16H26N6O4/c1-10(2)6-11(15(24)25)7-18-16(26)21-5-3-4-12(8-21)22-9-19-14(20-22)13(17)23/h9-12H,3-8H2,1-2H3,(H2,17,23)(H,18,26)(H,24,25). The van der Waals surface area contributed by atoms with Crippen molar-refractivity contribution in [3.63, 3.8) is 0 Å². The van der Waals surface area contributed by atoms with E-state index in [9.17, 15) is 19.5 Å². The second-order valence-corrected chi connectivity index (χ2v) is 7.01. The number of urea groups is 1. The normalized spacial score (nSPS) is 18.6. The van der Waals surface area contributed by atoms with Gasteiger partial charge in [-0.05, 0) is 25.2 Å². The van der Waals surface area contributed by atoms with Gasteiger partial charge in [0.15, 0.2) is 0 Å². The molecule has 0 saturated carbocycles. The first-order valence-electron chi connectivity index (χ1n) is 8.74. The molecule has 1 saturated heterocycles. The van der Waals surface area contributed by atoms with E-state index in [0.717, 1.165) is 12.8 Å². The number of nitrogens with one attached hydrogen (secondary N) is 1. The van der Waals surface area contributed by atoms with Gasteiger partial charge < -0.3 is 21.1 Å². The fraction of sp³-hybridized carbons (Fsp3) is 0.688. The van der Waals surface area contributed by atoms with Gasteiger partial charge in [-0.3, -0.25) is 9.59 Å². The second kappa shape index (κ2) is 8.63. The predicted molar refractivity (Wildman–Crippen MR) is 92.4 cm³/mol. The summed E-state index contributed by atoms with van der Waals surface area (Å²) in [4.78, 5) is 40.3. The Morgan fingerprint density at radius 1 is 1.42 bits per heavy atom. The Hall–Kier alpha value is -2.65. The van der Waals surface area contributed by atoms with Crippen LogP contribution in [0.4, 0.5) is 4.79 Å². The maximum absolute atomic E-state index is 12.4. The van der Waals surface area contributed by atoms with Crippen molar-refractivity contribution in [1.29, 1.82) is 0 Å². The third-order valence-corrected chi connectivity index (χ3v) is 4.39. The van der Waals surface area contributed by atoms with Crippen molar-refractivity contribution in [3.05, 3.63) is 12.2 Å². The molecule has 1 aromatic heterocycles. The van der Waals surface area contributed by atoms with Crippen LogP contribution in [0, 0.1) is 11.8 Å². The average molecular weight is 366 g/mol. The van der Waals surface area contributed by atoms with Gasteiger partial charge in [-0.2, -0.15) is 0 Å². The van der Waals surface area contributed by atoms with Crippen LogP contribution in [-0.4, -0.2) is 62.3 Å². The molecule has 1 fully saturated rings. The van der Waals surface area contributed by atoms with Crippen molar-refractivity contribution in [2.75, 3.05) is 19.6 Å². The van der Waals surface area contributed by atoms with Crippen LogP contribution in [0.2, 0.25) is 0 Å². The summed E-state index contributed by atoms with van der Waals surface area (Å²) in [5, 5.41) is 16.0. The molecule has 2 rings (SSSR count). The number of amides is 3. The highest BCUT2D eigenvalue weighted by atomic mass is 16.4. The molecule has 2 unspecified atom stereocenters. The Morgan fingerprint density at radius 3 is 2.73 bits per heavy atom. The minimum absolute atomic E-state index is 0.0513. The molecule has 1 aliphatic heterocycles. The first-order chi connectivity index (χ1) is 12.3. The number of nitrogens with two attached hydrogens (primary N) is 1. The number of carboxylic acids is 1. The zero-order valence-corrected chi connectivity index (χ0v) is 15.1. The minimum Gasteiger partial charge on any atom is -0.481 e. The average Bonchev–Trinajstić information content (AvgIpc) is 3.08.